The molecule has 0 atom stereocenters. The molecule has 1 fully saturated rings. The van der Waals surface area contributed by atoms with Crippen LogP contribution in [0.3, 0.4) is 0 Å². The number of rotatable bonds is 8. The maximum atomic E-state index is 13.4. The third-order valence-corrected chi connectivity index (χ3v) is 8.53. The normalized spacial score (nSPS) is 13.6. The number of benzene rings is 3. The number of hydrogen-bond acceptors (Lipinski definition) is 2. The van der Waals surface area contributed by atoms with E-state index in [1.54, 1.807) is 6.92 Å². The summed E-state index contributed by atoms with van der Waals surface area (Å²) < 4.78 is 13.0. The summed E-state index contributed by atoms with van der Waals surface area (Å²) in [6.07, 6.45) is 7.88. The number of piperidine rings is 1. The van der Waals surface area contributed by atoms with E-state index < -0.39 is 0 Å². The second-order valence-electron chi connectivity index (χ2n) is 12.5. The van der Waals surface area contributed by atoms with E-state index in [9.17, 15) is 9.18 Å². The lowest BCUT2D eigenvalue weighted by Gasteiger charge is -2.32. The number of fused-ring (bicyclic) bond motifs is 1. The number of carbonyl (C=O) groups is 1. The van der Waals surface area contributed by atoms with Gasteiger partial charge in [0.05, 0.1) is 17.7 Å². The predicted molar refractivity (Wildman–Crippen MR) is 194 cm³/mol. The van der Waals surface area contributed by atoms with Gasteiger partial charge in [0.2, 0.25) is 0 Å². The van der Waals surface area contributed by atoms with Crippen molar-refractivity contribution in [3.05, 3.63) is 119 Å². The van der Waals surface area contributed by atoms with Crippen LogP contribution in [0.1, 0.15) is 105 Å². The number of aryl methyl sites for hydroxylation is 2. The topological polar surface area (TPSA) is 38.1 Å². The highest BCUT2D eigenvalue weighted by atomic mass is 19.1. The van der Waals surface area contributed by atoms with Crippen LogP contribution in [0, 0.1) is 19.8 Å². The van der Waals surface area contributed by atoms with Gasteiger partial charge in [-0.25, -0.2) is 4.98 Å². The molecule has 46 heavy (non-hydrogen) atoms. The van der Waals surface area contributed by atoms with Gasteiger partial charge in [0.1, 0.15) is 5.82 Å². The molecule has 1 aliphatic heterocycles. The first-order chi connectivity index (χ1) is 22.2. The van der Waals surface area contributed by atoms with Crippen LogP contribution in [-0.4, -0.2) is 40.1 Å². The van der Waals surface area contributed by atoms with Crippen LogP contribution < -0.4 is 0 Å². The number of halogens is 1. The molecule has 0 unspecified atom stereocenters. The Morgan fingerprint density at radius 3 is 2.24 bits per heavy atom. The van der Waals surface area contributed by atoms with Crippen LogP contribution in [0.15, 0.2) is 85.5 Å². The Labute approximate surface area is 277 Å². The van der Waals surface area contributed by atoms with Crippen LogP contribution in [0.5, 0.6) is 0 Å². The molecule has 5 rings (SSSR count). The third kappa shape index (κ3) is 9.51. The molecular weight excluding hydrogens is 569 g/mol. The Morgan fingerprint density at radius 1 is 1.00 bits per heavy atom. The molecule has 0 N–H and O–H groups in total. The van der Waals surface area contributed by atoms with E-state index in [4.69, 9.17) is 4.98 Å². The van der Waals surface area contributed by atoms with Gasteiger partial charge in [-0.3, -0.25) is 9.18 Å². The molecule has 2 heterocycles. The number of allylic oxidation sites excluding steroid dienone is 2. The fourth-order valence-electron chi connectivity index (χ4n) is 5.64. The van der Waals surface area contributed by atoms with Crippen LogP contribution >= 0.6 is 0 Å². The summed E-state index contributed by atoms with van der Waals surface area (Å²) >= 11 is 0. The van der Waals surface area contributed by atoms with Gasteiger partial charge in [0.15, 0.2) is 0 Å². The van der Waals surface area contributed by atoms with Gasteiger partial charge in [-0.2, -0.15) is 0 Å². The molecule has 1 amide bonds. The smallest absolute Gasteiger partial charge is 0.253 e. The molecular formula is C41H54FN3O. The van der Waals surface area contributed by atoms with E-state index in [2.05, 4.69) is 107 Å². The quantitative estimate of drug-likeness (QED) is 0.183. The Hall–Kier alpha value is -3.99. The second-order valence-corrected chi connectivity index (χ2v) is 12.5. The standard InChI is InChI=1S/C33H35N3O.C5H12.C3H7F/c1-5-18-36-31-13-8-7-12-30(31)34-32(36)25-16-19-35(20-17-25)33(37)27-14-15-29(24(4)22-27)28(6-2)26-11-9-10-23(3)21-26;1-4-5(2)3;1-2-3-4/h5-15,21-22,25H,1,16-20H2,2-4H3;5H,4H2,1-3H3;2-3H2,1H3/b28-6-;;. The zero-order chi connectivity index (χ0) is 33.6. The van der Waals surface area contributed by atoms with Gasteiger partial charge >= 0.3 is 0 Å². The summed E-state index contributed by atoms with van der Waals surface area (Å²) in [5.41, 5.74) is 8.87. The number of likely N-dealkylation sites (tertiary alicyclic amines) is 1. The van der Waals surface area contributed by atoms with Crippen molar-refractivity contribution in [2.75, 3.05) is 19.8 Å². The van der Waals surface area contributed by atoms with Crippen molar-refractivity contribution in [3.8, 4) is 0 Å². The van der Waals surface area contributed by atoms with Crippen molar-refractivity contribution in [3.63, 3.8) is 0 Å². The number of imidazole rings is 1. The zero-order valence-electron chi connectivity index (χ0n) is 29.2. The molecule has 1 saturated heterocycles. The van der Waals surface area contributed by atoms with Gasteiger partial charge in [-0.15, -0.1) is 6.58 Å². The van der Waals surface area contributed by atoms with E-state index in [0.717, 1.165) is 66.4 Å². The number of carbonyl (C=O) groups excluding carboxylic acids is 1. The average Bonchev–Trinajstić information content (AvgIpc) is 3.44. The van der Waals surface area contributed by atoms with E-state index in [0.29, 0.717) is 12.3 Å². The van der Waals surface area contributed by atoms with Gasteiger partial charge in [0.25, 0.3) is 5.91 Å². The zero-order valence-corrected chi connectivity index (χ0v) is 29.2. The number of amides is 1. The minimum Gasteiger partial charge on any atom is -0.339 e. The van der Waals surface area contributed by atoms with Gasteiger partial charge < -0.3 is 9.47 Å². The Bertz CT molecular complexity index is 1590. The SMILES string of the molecule is C=CCn1c(C2CCN(C(=O)c3ccc(/C(=C\C)c4cccc(C)c4)c(C)c3)CC2)nc2ccccc21.CCC(C)C.CCCF. The highest BCUT2D eigenvalue weighted by Gasteiger charge is 2.28. The predicted octanol–water partition coefficient (Wildman–Crippen LogP) is 10.7. The molecule has 5 heteroatoms. The number of alkyl halides is 1. The number of nitrogens with zero attached hydrogens (tertiary/aromatic N) is 3. The lowest BCUT2D eigenvalue weighted by atomic mass is 9.91. The summed E-state index contributed by atoms with van der Waals surface area (Å²) in [5.74, 6) is 2.45. The maximum Gasteiger partial charge on any atom is 0.253 e. The first-order valence-corrected chi connectivity index (χ1v) is 16.9. The number of hydrogen-bond donors (Lipinski definition) is 0. The molecule has 1 aliphatic rings. The minimum absolute atomic E-state index is 0.116. The van der Waals surface area contributed by atoms with Crippen molar-refractivity contribution < 1.29 is 9.18 Å². The van der Waals surface area contributed by atoms with E-state index in [1.165, 1.54) is 28.7 Å². The fraction of sp³-hybridized carbons (Fsp3) is 0.415. The lowest BCUT2D eigenvalue weighted by Crippen LogP contribution is -2.38. The Balaban J connectivity index is 0.000000567. The molecule has 4 nitrogen and oxygen atoms in total. The van der Waals surface area contributed by atoms with Crippen molar-refractivity contribution in [1.29, 1.82) is 0 Å². The average molecular weight is 624 g/mol. The molecule has 0 spiro atoms. The Kier molecular flexibility index (Phi) is 14.5. The molecule has 4 aromatic rings. The summed E-state index contributed by atoms with van der Waals surface area (Å²) in [5, 5.41) is 0. The van der Waals surface area contributed by atoms with E-state index in [-0.39, 0.29) is 12.6 Å². The maximum absolute atomic E-state index is 13.4. The molecule has 3 aromatic carbocycles. The lowest BCUT2D eigenvalue weighted by molar-refractivity contribution is 0.0710. The van der Waals surface area contributed by atoms with E-state index in [1.807, 2.05) is 29.2 Å². The second kappa shape index (κ2) is 18.2. The van der Waals surface area contributed by atoms with E-state index >= 15 is 0 Å². The summed E-state index contributed by atoms with van der Waals surface area (Å²) in [4.78, 5) is 20.4. The van der Waals surface area contributed by atoms with Crippen LogP contribution in [0.2, 0.25) is 0 Å². The van der Waals surface area contributed by atoms with Crippen LogP contribution in [0.25, 0.3) is 16.6 Å². The van der Waals surface area contributed by atoms with Crippen molar-refractivity contribution in [1.82, 2.24) is 14.5 Å². The molecule has 1 aromatic heterocycles. The first kappa shape index (κ1) is 36.5. The molecule has 0 aliphatic carbocycles. The van der Waals surface area contributed by atoms with Crippen LogP contribution in [-0.2, 0) is 6.54 Å². The molecule has 246 valence electrons. The molecule has 0 saturated carbocycles. The monoisotopic (exact) mass is 623 g/mol. The molecule has 0 bridgehead atoms. The number of para-hydroxylation sites is 2. The fourth-order valence-corrected chi connectivity index (χ4v) is 5.64. The largest absolute Gasteiger partial charge is 0.339 e. The first-order valence-electron chi connectivity index (χ1n) is 16.9. The van der Waals surface area contributed by atoms with Gasteiger partial charge in [0, 0.05) is 31.1 Å². The summed E-state index contributed by atoms with van der Waals surface area (Å²) in [6, 6.07) is 23.0. The van der Waals surface area contributed by atoms with Crippen LogP contribution in [0.4, 0.5) is 4.39 Å². The van der Waals surface area contributed by atoms with Crippen molar-refractivity contribution in [2.45, 2.75) is 86.6 Å². The highest BCUT2D eigenvalue weighted by Crippen LogP contribution is 2.32. The number of aromatic nitrogens is 2. The van der Waals surface area contributed by atoms with Gasteiger partial charge in [-0.05, 0) is 92.5 Å². The Morgan fingerprint density at radius 2 is 1.67 bits per heavy atom. The summed E-state index contributed by atoms with van der Waals surface area (Å²) in [6.45, 7) is 20.7. The third-order valence-electron chi connectivity index (χ3n) is 8.53. The minimum atomic E-state index is -0.181. The highest BCUT2D eigenvalue weighted by molar-refractivity contribution is 5.95. The van der Waals surface area contributed by atoms with Crippen molar-refractivity contribution in [2.24, 2.45) is 5.92 Å². The van der Waals surface area contributed by atoms with Crippen molar-refractivity contribution >= 4 is 22.5 Å². The van der Waals surface area contributed by atoms with Gasteiger partial charge in [-0.1, -0.05) is 94.3 Å². The molecule has 0 radical (unpaired) electrons. The summed E-state index contributed by atoms with van der Waals surface area (Å²) in [7, 11) is 0.